The van der Waals surface area contributed by atoms with Gasteiger partial charge in [-0.15, -0.1) is 0 Å². The van der Waals surface area contributed by atoms with E-state index in [2.05, 4.69) is 10.1 Å². The fraction of sp³-hybridized carbons (Fsp3) is 0.0909. The molecule has 0 fully saturated rings. The Morgan fingerprint density at radius 2 is 1.61 bits per heavy atom. The fourth-order valence-electron chi connectivity index (χ4n) is 2.77. The van der Waals surface area contributed by atoms with Crippen LogP contribution in [-0.4, -0.2) is 10.1 Å². The lowest BCUT2D eigenvalue weighted by Gasteiger charge is -2.08. The number of hydrogen-bond acceptors (Lipinski definition) is 4. The molecule has 3 aromatic carbocycles. The van der Waals surface area contributed by atoms with Crippen LogP contribution in [0, 0.1) is 18.6 Å². The Morgan fingerprint density at radius 3 is 2.32 bits per heavy atom. The Bertz CT molecular complexity index is 1090. The maximum Gasteiger partial charge on any atom is 0.258 e. The van der Waals surface area contributed by atoms with Crippen molar-refractivity contribution in [2.24, 2.45) is 0 Å². The monoisotopic (exact) mass is 378 g/mol. The molecule has 0 aliphatic carbocycles. The molecule has 28 heavy (non-hydrogen) atoms. The predicted molar refractivity (Wildman–Crippen MR) is 101 cm³/mol. The second kappa shape index (κ2) is 7.60. The van der Waals surface area contributed by atoms with Gasteiger partial charge in [-0.1, -0.05) is 29.4 Å². The molecule has 0 aliphatic heterocycles. The molecule has 0 N–H and O–H groups in total. The zero-order valence-electron chi connectivity index (χ0n) is 15.0. The Kier molecular flexibility index (Phi) is 4.85. The molecule has 6 heteroatoms. The zero-order chi connectivity index (χ0) is 19.5. The Morgan fingerprint density at radius 1 is 0.893 bits per heavy atom. The number of nitrogens with zero attached hydrogens (tertiary/aromatic N) is 2. The van der Waals surface area contributed by atoms with Gasteiger partial charge in [-0.3, -0.25) is 0 Å². The fourth-order valence-corrected chi connectivity index (χ4v) is 2.77. The Labute approximate surface area is 160 Å². The maximum atomic E-state index is 13.4. The normalized spacial score (nSPS) is 10.8. The quantitative estimate of drug-likeness (QED) is 0.456. The first-order valence-corrected chi connectivity index (χ1v) is 8.66. The van der Waals surface area contributed by atoms with Gasteiger partial charge in [0.05, 0.1) is 0 Å². The van der Waals surface area contributed by atoms with Crippen molar-refractivity contribution in [1.82, 2.24) is 10.1 Å². The molecule has 0 atom stereocenters. The largest absolute Gasteiger partial charge is 0.489 e. The van der Waals surface area contributed by atoms with Crippen LogP contribution < -0.4 is 4.74 Å². The summed E-state index contributed by atoms with van der Waals surface area (Å²) in [6.45, 7) is 2.52. The van der Waals surface area contributed by atoms with Crippen LogP contribution in [0.2, 0.25) is 0 Å². The lowest BCUT2D eigenvalue weighted by molar-refractivity contribution is 0.305. The van der Waals surface area contributed by atoms with E-state index in [4.69, 9.17) is 9.26 Å². The highest BCUT2D eigenvalue weighted by molar-refractivity contribution is 5.60. The van der Waals surface area contributed by atoms with E-state index >= 15 is 0 Å². The van der Waals surface area contributed by atoms with E-state index < -0.39 is 11.6 Å². The average molecular weight is 378 g/mol. The van der Waals surface area contributed by atoms with Crippen LogP contribution >= 0.6 is 0 Å². The second-order valence-corrected chi connectivity index (χ2v) is 6.32. The van der Waals surface area contributed by atoms with Crippen molar-refractivity contribution >= 4 is 0 Å². The van der Waals surface area contributed by atoms with Gasteiger partial charge in [0.15, 0.2) is 0 Å². The minimum Gasteiger partial charge on any atom is -0.489 e. The van der Waals surface area contributed by atoms with Gasteiger partial charge in [0, 0.05) is 17.2 Å². The van der Waals surface area contributed by atoms with E-state index in [1.54, 1.807) is 12.1 Å². The first kappa shape index (κ1) is 17.9. The third-order valence-electron chi connectivity index (χ3n) is 4.30. The van der Waals surface area contributed by atoms with Gasteiger partial charge in [-0.05, 0) is 54.4 Å². The summed E-state index contributed by atoms with van der Waals surface area (Å²) in [5.41, 5.74) is 3.19. The number of aryl methyl sites for hydroxylation is 1. The molecule has 0 spiro atoms. The molecule has 4 nitrogen and oxygen atoms in total. The molecule has 0 radical (unpaired) electrons. The van der Waals surface area contributed by atoms with Crippen molar-refractivity contribution in [1.29, 1.82) is 0 Å². The summed E-state index contributed by atoms with van der Waals surface area (Å²) in [5, 5.41) is 3.89. The Hall–Kier alpha value is -3.54. The number of aromatic nitrogens is 2. The molecule has 0 aliphatic rings. The molecule has 4 rings (SSSR count). The highest BCUT2D eigenvalue weighted by atomic mass is 19.1. The van der Waals surface area contributed by atoms with E-state index in [1.807, 2.05) is 43.3 Å². The number of halogens is 2. The molecule has 0 amide bonds. The molecular weight excluding hydrogens is 362 g/mol. The number of hydrogen-bond donors (Lipinski definition) is 0. The average Bonchev–Trinajstić information content (AvgIpc) is 3.17. The van der Waals surface area contributed by atoms with Crippen molar-refractivity contribution < 1.29 is 18.0 Å². The van der Waals surface area contributed by atoms with Crippen molar-refractivity contribution in [2.45, 2.75) is 13.5 Å². The number of rotatable bonds is 5. The van der Waals surface area contributed by atoms with Gasteiger partial charge < -0.3 is 9.26 Å². The van der Waals surface area contributed by atoms with Crippen molar-refractivity contribution in [2.75, 3.05) is 0 Å². The molecule has 0 bridgehead atoms. The van der Waals surface area contributed by atoms with Crippen molar-refractivity contribution in [3.8, 4) is 28.6 Å². The van der Waals surface area contributed by atoms with E-state index in [0.29, 0.717) is 23.7 Å². The standard InChI is InChI=1S/C22H16F2N2O2/c1-14-4-2-3-5-16(14)13-27-20-8-6-15(7-9-20)21-25-22(28-26-21)17-10-18(23)12-19(24)11-17/h2-12H,13H2,1H3. The second-order valence-electron chi connectivity index (χ2n) is 6.32. The Balaban J connectivity index is 1.48. The highest BCUT2D eigenvalue weighted by Crippen LogP contribution is 2.25. The smallest absolute Gasteiger partial charge is 0.258 e. The lowest BCUT2D eigenvalue weighted by atomic mass is 10.1. The first-order valence-electron chi connectivity index (χ1n) is 8.66. The van der Waals surface area contributed by atoms with Crippen LogP contribution in [0.4, 0.5) is 8.78 Å². The maximum absolute atomic E-state index is 13.4. The summed E-state index contributed by atoms with van der Waals surface area (Å²) in [7, 11) is 0. The number of ether oxygens (including phenoxy) is 1. The SMILES string of the molecule is Cc1ccccc1COc1ccc(-c2noc(-c3cc(F)cc(F)c3)n2)cc1. The molecule has 140 valence electrons. The van der Waals surface area contributed by atoms with Gasteiger partial charge in [-0.2, -0.15) is 4.98 Å². The van der Waals surface area contributed by atoms with Crippen LogP contribution in [0.1, 0.15) is 11.1 Å². The first-order chi connectivity index (χ1) is 13.6. The summed E-state index contributed by atoms with van der Waals surface area (Å²) < 4.78 is 37.7. The van der Waals surface area contributed by atoms with Gasteiger partial charge in [-0.25, -0.2) is 8.78 Å². The van der Waals surface area contributed by atoms with Crippen molar-refractivity contribution in [3.05, 3.63) is 89.5 Å². The topological polar surface area (TPSA) is 48.2 Å². The number of benzene rings is 3. The minimum atomic E-state index is -0.704. The summed E-state index contributed by atoms with van der Waals surface area (Å²) >= 11 is 0. The molecule has 0 saturated heterocycles. The van der Waals surface area contributed by atoms with E-state index in [9.17, 15) is 8.78 Å². The summed E-state index contributed by atoms with van der Waals surface area (Å²) in [6, 6.07) is 18.3. The molecule has 0 saturated carbocycles. The molecule has 1 heterocycles. The van der Waals surface area contributed by atoms with E-state index in [0.717, 1.165) is 23.8 Å². The van der Waals surface area contributed by atoms with Gasteiger partial charge in [0.1, 0.15) is 24.0 Å². The summed E-state index contributed by atoms with van der Waals surface area (Å²) in [5.74, 6) is -0.323. The van der Waals surface area contributed by atoms with Crippen LogP contribution in [-0.2, 0) is 6.61 Å². The molecule has 1 aromatic heterocycles. The third kappa shape index (κ3) is 3.91. The van der Waals surface area contributed by atoms with Gasteiger partial charge in [0.2, 0.25) is 5.82 Å². The van der Waals surface area contributed by atoms with Crippen LogP contribution in [0.5, 0.6) is 5.75 Å². The summed E-state index contributed by atoms with van der Waals surface area (Å²) in [4.78, 5) is 4.22. The molecular formula is C22H16F2N2O2. The zero-order valence-corrected chi connectivity index (χ0v) is 15.0. The third-order valence-corrected chi connectivity index (χ3v) is 4.30. The van der Waals surface area contributed by atoms with Crippen LogP contribution in [0.25, 0.3) is 22.8 Å². The van der Waals surface area contributed by atoms with Crippen LogP contribution in [0.3, 0.4) is 0 Å². The summed E-state index contributed by atoms with van der Waals surface area (Å²) in [6.07, 6.45) is 0. The highest BCUT2D eigenvalue weighted by Gasteiger charge is 2.13. The minimum absolute atomic E-state index is 0.0493. The van der Waals surface area contributed by atoms with Crippen molar-refractivity contribution in [3.63, 3.8) is 0 Å². The van der Waals surface area contributed by atoms with E-state index in [-0.39, 0.29) is 11.5 Å². The lowest BCUT2D eigenvalue weighted by Crippen LogP contribution is -1.97. The molecule has 4 aromatic rings. The molecule has 0 unspecified atom stereocenters. The van der Waals surface area contributed by atoms with Crippen LogP contribution in [0.15, 0.2) is 71.3 Å². The predicted octanol–water partition coefficient (Wildman–Crippen LogP) is 5.57. The van der Waals surface area contributed by atoms with E-state index in [1.165, 1.54) is 5.56 Å². The van der Waals surface area contributed by atoms with Gasteiger partial charge in [0.25, 0.3) is 5.89 Å². The van der Waals surface area contributed by atoms with Gasteiger partial charge >= 0.3 is 0 Å².